The summed E-state index contributed by atoms with van der Waals surface area (Å²) in [5, 5.41) is 0. The Morgan fingerprint density at radius 1 is 1.21 bits per heavy atom. The van der Waals surface area contributed by atoms with Crippen LogP contribution in [0.15, 0.2) is 36.9 Å². The van der Waals surface area contributed by atoms with Gasteiger partial charge in [-0.25, -0.2) is 15.4 Å². The summed E-state index contributed by atoms with van der Waals surface area (Å²) in [7, 11) is 0. The second kappa shape index (κ2) is 7.80. The van der Waals surface area contributed by atoms with Gasteiger partial charge < -0.3 is 0 Å². The van der Waals surface area contributed by atoms with Gasteiger partial charge in [0.1, 0.15) is 6.42 Å². The van der Waals surface area contributed by atoms with E-state index in [0.717, 1.165) is 16.0 Å². The average molecular weight is 384 g/mol. The Bertz CT molecular complexity index is 955. The van der Waals surface area contributed by atoms with Crippen molar-refractivity contribution in [3.05, 3.63) is 59.5 Å². The van der Waals surface area contributed by atoms with Gasteiger partial charge in [-0.3, -0.25) is 29.3 Å². The SMILES string of the molecule is [C-]#[N+][C@@H]1CC(F)(F)CN1C(=O)CCC(=O)c1ccncc1-c1ccncc1C. The molecule has 0 radical (unpaired) electrons. The number of ketones is 1. The number of aromatic nitrogens is 2. The van der Waals surface area contributed by atoms with E-state index < -0.39 is 31.0 Å². The van der Waals surface area contributed by atoms with E-state index in [1.165, 1.54) is 6.20 Å². The molecule has 0 saturated carbocycles. The minimum atomic E-state index is -3.06. The summed E-state index contributed by atoms with van der Waals surface area (Å²) < 4.78 is 27.0. The fourth-order valence-corrected chi connectivity index (χ4v) is 3.29. The third-order valence-corrected chi connectivity index (χ3v) is 4.71. The Balaban J connectivity index is 1.74. The molecule has 2 aromatic heterocycles. The van der Waals surface area contributed by atoms with Crippen LogP contribution in [0.3, 0.4) is 0 Å². The van der Waals surface area contributed by atoms with E-state index in [9.17, 15) is 18.4 Å². The lowest BCUT2D eigenvalue weighted by Gasteiger charge is -2.16. The Kier molecular flexibility index (Phi) is 5.45. The van der Waals surface area contributed by atoms with Crippen LogP contribution in [0.1, 0.15) is 35.2 Å². The zero-order valence-corrected chi connectivity index (χ0v) is 15.2. The Morgan fingerprint density at radius 3 is 2.64 bits per heavy atom. The highest BCUT2D eigenvalue weighted by molar-refractivity contribution is 6.03. The number of pyridine rings is 2. The topological polar surface area (TPSA) is 67.5 Å². The van der Waals surface area contributed by atoms with Crippen molar-refractivity contribution in [2.45, 2.75) is 38.3 Å². The highest BCUT2D eigenvalue weighted by Crippen LogP contribution is 2.33. The van der Waals surface area contributed by atoms with Crippen molar-refractivity contribution in [1.29, 1.82) is 0 Å². The maximum Gasteiger partial charge on any atom is 0.306 e. The van der Waals surface area contributed by atoms with Crippen molar-refractivity contribution >= 4 is 11.7 Å². The molecule has 8 heteroatoms. The predicted molar refractivity (Wildman–Crippen MR) is 97.4 cm³/mol. The fraction of sp³-hybridized carbons (Fsp3) is 0.350. The monoisotopic (exact) mass is 384 g/mol. The van der Waals surface area contributed by atoms with Gasteiger partial charge in [0.05, 0.1) is 6.54 Å². The number of carbonyl (C=O) groups is 2. The first-order valence-corrected chi connectivity index (χ1v) is 8.74. The molecule has 0 N–H and O–H groups in total. The highest BCUT2D eigenvalue weighted by atomic mass is 19.3. The van der Waals surface area contributed by atoms with Gasteiger partial charge in [0.2, 0.25) is 5.91 Å². The van der Waals surface area contributed by atoms with Crippen molar-refractivity contribution in [1.82, 2.24) is 14.9 Å². The molecule has 1 aliphatic heterocycles. The molecule has 3 rings (SSSR count). The second-order valence-electron chi connectivity index (χ2n) is 6.73. The van der Waals surface area contributed by atoms with Crippen LogP contribution in [0, 0.1) is 13.5 Å². The summed E-state index contributed by atoms with van der Waals surface area (Å²) in [5.41, 5.74) is 2.72. The number of amides is 1. The van der Waals surface area contributed by atoms with Crippen LogP contribution in [-0.4, -0.2) is 45.2 Å². The number of Topliss-reactive ketones (excluding diaryl/α,β-unsaturated/α-hetero) is 1. The van der Waals surface area contributed by atoms with Gasteiger partial charge in [-0.2, -0.15) is 0 Å². The molecule has 0 unspecified atom stereocenters. The van der Waals surface area contributed by atoms with Crippen LogP contribution in [0.4, 0.5) is 8.78 Å². The van der Waals surface area contributed by atoms with Crippen LogP contribution >= 0.6 is 0 Å². The molecule has 2 aromatic rings. The predicted octanol–water partition coefficient (Wildman–Crippen LogP) is 3.53. The van der Waals surface area contributed by atoms with E-state index in [0.29, 0.717) is 11.1 Å². The molecular weight excluding hydrogens is 366 g/mol. The lowest BCUT2D eigenvalue weighted by molar-refractivity contribution is -0.132. The summed E-state index contributed by atoms with van der Waals surface area (Å²) in [6, 6.07) is 3.36. The van der Waals surface area contributed by atoms with Gasteiger partial charge in [0.15, 0.2) is 5.78 Å². The van der Waals surface area contributed by atoms with Gasteiger partial charge in [0.25, 0.3) is 5.92 Å². The number of rotatable bonds is 5. The maximum absolute atomic E-state index is 13.5. The van der Waals surface area contributed by atoms with Crippen LogP contribution in [0.2, 0.25) is 0 Å². The summed E-state index contributed by atoms with van der Waals surface area (Å²) in [4.78, 5) is 37.1. The third-order valence-electron chi connectivity index (χ3n) is 4.71. The molecular formula is C20H18F2N4O2. The van der Waals surface area contributed by atoms with Gasteiger partial charge in [0, 0.05) is 48.8 Å². The van der Waals surface area contributed by atoms with E-state index in [1.807, 2.05) is 6.92 Å². The quantitative estimate of drug-likeness (QED) is 0.584. The van der Waals surface area contributed by atoms with Crippen LogP contribution < -0.4 is 0 Å². The molecule has 1 amide bonds. The Hall–Kier alpha value is -3.21. The molecule has 6 nitrogen and oxygen atoms in total. The number of hydrogen-bond donors (Lipinski definition) is 0. The first-order valence-electron chi connectivity index (χ1n) is 8.74. The lowest BCUT2D eigenvalue weighted by Crippen LogP contribution is -2.35. The summed E-state index contributed by atoms with van der Waals surface area (Å²) >= 11 is 0. The number of nitrogens with zero attached hydrogens (tertiary/aromatic N) is 4. The van der Waals surface area contributed by atoms with E-state index in [1.54, 1.807) is 30.7 Å². The van der Waals surface area contributed by atoms with Crippen LogP contribution in [0.25, 0.3) is 16.0 Å². The maximum atomic E-state index is 13.5. The average Bonchev–Trinajstić information content (AvgIpc) is 3.01. The summed E-state index contributed by atoms with van der Waals surface area (Å²) in [6.45, 7) is 8.11. The molecule has 1 fully saturated rings. The van der Waals surface area contributed by atoms with Gasteiger partial charge in [-0.05, 0) is 30.2 Å². The van der Waals surface area contributed by atoms with Gasteiger partial charge in [-0.15, -0.1) is 0 Å². The number of likely N-dealkylation sites (tertiary alicyclic amines) is 1. The normalized spacial score (nSPS) is 17.9. The van der Waals surface area contributed by atoms with Gasteiger partial charge >= 0.3 is 6.17 Å². The molecule has 1 atom stereocenters. The highest BCUT2D eigenvalue weighted by Gasteiger charge is 2.50. The number of carbonyl (C=O) groups excluding carboxylic acids is 2. The number of alkyl halides is 2. The summed E-state index contributed by atoms with van der Waals surface area (Å²) in [6.07, 6.45) is 4.17. The molecule has 28 heavy (non-hydrogen) atoms. The second-order valence-corrected chi connectivity index (χ2v) is 6.73. The van der Waals surface area contributed by atoms with E-state index in [-0.39, 0.29) is 18.6 Å². The number of aryl methyl sites for hydroxylation is 1. The molecule has 0 aliphatic carbocycles. The largest absolute Gasteiger partial charge is 0.306 e. The summed E-state index contributed by atoms with van der Waals surface area (Å²) in [5.74, 6) is -3.96. The van der Waals surface area contributed by atoms with Crippen molar-refractivity contribution in [2.24, 2.45) is 0 Å². The smallest absolute Gasteiger partial charge is 0.294 e. The van der Waals surface area contributed by atoms with Crippen molar-refractivity contribution < 1.29 is 18.4 Å². The zero-order chi connectivity index (χ0) is 20.3. The Labute approximate surface area is 161 Å². The minimum Gasteiger partial charge on any atom is -0.294 e. The molecule has 0 aromatic carbocycles. The minimum absolute atomic E-state index is 0.132. The molecule has 0 bridgehead atoms. The molecule has 3 heterocycles. The van der Waals surface area contributed by atoms with Crippen molar-refractivity contribution in [3.8, 4) is 11.1 Å². The van der Waals surface area contributed by atoms with E-state index in [4.69, 9.17) is 6.57 Å². The first-order chi connectivity index (χ1) is 13.3. The zero-order valence-electron chi connectivity index (χ0n) is 15.2. The number of hydrogen-bond acceptors (Lipinski definition) is 4. The molecule has 0 spiro atoms. The van der Waals surface area contributed by atoms with Gasteiger partial charge in [-0.1, -0.05) is 0 Å². The molecule has 1 aliphatic rings. The fourth-order valence-electron chi connectivity index (χ4n) is 3.29. The lowest BCUT2D eigenvalue weighted by atomic mass is 9.95. The van der Waals surface area contributed by atoms with Crippen LogP contribution in [-0.2, 0) is 4.79 Å². The van der Waals surface area contributed by atoms with E-state index in [2.05, 4.69) is 14.8 Å². The molecule has 144 valence electrons. The first kappa shape index (κ1) is 19.5. The molecule has 1 saturated heterocycles. The number of halogens is 2. The Morgan fingerprint density at radius 2 is 1.93 bits per heavy atom. The van der Waals surface area contributed by atoms with Crippen molar-refractivity contribution in [2.75, 3.05) is 6.54 Å². The van der Waals surface area contributed by atoms with Crippen molar-refractivity contribution in [3.63, 3.8) is 0 Å². The van der Waals surface area contributed by atoms with E-state index >= 15 is 0 Å². The van der Waals surface area contributed by atoms with Crippen LogP contribution in [0.5, 0.6) is 0 Å². The standard InChI is InChI=1S/C20H18F2N4O2/c1-13-10-24-7-5-14(13)16-11-25-8-6-15(16)17(27)3-4-19(28)26-12-20(21,22)9-18(26)23-2/h5-8,10-11,18H,3-4,9,12H2,1H3/t18-/m0/s1. The third kappa shape index (κ3) is 4.03.